The van der Waals surface area contributed by atoms with Gasteiger partial charge in [0.25, 0.3) is 0 Å². The fourth-order valence-electron chi connectivity index (χ4n) is 0.731. The van der Waals surface area contributed by atoms with Crippen molar-refractivity contribution in [3.05, 3.63) is 29.8 Å². The Morgan fingerprint density at radius 1 is 1.25 bits per heavy atom. The van der Waals surface area contributed by atoms with Crippen molar-refractivity contribution in [3.63, 3.8) is 0 Å². The van der Waals surface area contributed by atoms with Crippen LogP contribution in [0.2, 0.25) is 0 Å². The van der Waals surface area contributed by atoms with Gasteiger partial charge >= 0.3 is 0 Å². The molecule has 0 bridgehead atoms. The molecule has 0 saturated carbocycles. The first-order valence-electron chi connectivity index (χ1n) is 3.48. The number of thiol groups is 1. The van der Waals surface area contributed by atoms with Crippen LogP contribution in [0.4, 0.5) is 0 Å². The minimum absolute atomic E-state index is 0.280. The van der Waals surface area contributed by atoms with Gasteiger partial charge in [0.15, 0.2) is 0 Å². The molecule has 2 heteroatoms. The van der Waals surface area contributed by atoms with Gasteiger partial charge in [-0.05, 0) is 24.3 Å². The van der Waals surface area contributed by atoms with Crippen LogP contribution in [-0.4, -0.2) is 0 Å². The molecule has 1 aromatic rings. The summed E-state index contributed by atoms with van der Waals surface area (Å²) in [7, 11) is 0. The second kappa shape index (κ2) is 4.49. The first kappa shape index (κ1) is 8.71. The molecule has 0 radical (unpaired) electrons. The zero-order valence-corrected chi connectivity index (χ0v) is 7.31. The molecule has 0 N–H and O–H groups in total. The van der Waals surface area contributed by atoms with E-state index in [0.717, 1.165) is 10.5 Å². The van der Waals surface area contributed by atoms with E-state index in [0.29, 0.717) is 0 Å². The third-order valence-corrected chi connectivity index (χ3v) is 1.57. The zero-order valence-electron chi connectivity index (χ0n) is 6.41. The van der Waals surface area contributed by atoms with Gasteiger partial charge < -0.3 is 0 Å². The van der Waals surface area contributed by atoms with Crippen molar-refractivity contribution in [1.29, 1.82) is 5.26 Å². The molecule has 1 rings (SSSR count). The first-order chi connectivity index (χ1) is 5.83. The van der Waals surface area contributed by atoms with E-state index in [9.17, 15) is 0 Å². The Labute approximate surface area is 77.4 Å². The Morgan fingerprint density at radius 3 is 2.50 bits per heavy atom. The van der Waals surface area contributed by atoms with Gasteiger partial charge in [0.1, 0.15) is 0 Å². The van der Waals surface area contributed by atoms with E-state index in [4.69, 9.17) is 5.26 Å². The Hall–Kier alpha value is -1.38. The highest BCUT2D eigenvalue weighted by Crippen LogP contribution is 2.06. The van der Waals surface area contributed by atoms with Crippen LogP contribution in [0.5, 0.6) is 0 Å². The quantitative estimate of drug-likeness (QED) is 0.472. The van der Waals surface area contributed by atoms with Crippen molar-refractivity contribution in [1.82, 2.24) is 0 Å². The van der Waals surface area contributed by atoms with Crippen molar-refractivity contribution in [2.75, 3.05) is 0 Å². The summed E-state index contributed by atoms with van der Waals surface area (Å²) in [6.07, 6.45) is 0.280. The topological polar surface area (TPSA) is 23.8 Å². The summed E-state index contributed by atoms with van der Waals surface area (Å²) in [6.45, 7) is 0. The molecule has 0 unspecified atom stereocenters. The van der Waals surface area contributed by atoms with E-state index < -0.39 is 0 Å². The summed E-state index contributed by atoms with van der Waals surface area (Å²) < 4.78 is 0. The van der Waals surface area contributed by atoms with Gasteiger partial charge in [0.05, 0.1) is 12.5 Å². The van der Waals surface area contributed by atoms with Crippen LogP contribution in [-0.2, 0) is 0 Å². The lowest BCUT2D eigenvalue weighted by molar-refractivity contribution is 1.39. The van der Waals surface area contributed by atoms with E-state index in [-0.39, 0.29) is 6.42 Å². The Kier molecular flexibility index (Phi) is 3.26. The van der Waals surface area contributed by atoms with E-state index >= 15 is 0 Å². The number of benzene rings is 1. The summed E-state index contributed by atoms with van der Waals surface area (Å²) in [5.41, 5.74) is 0.919. The van der Waals surface area contributed by atoms with Gasteiger partial charge in [-0.1, -0.05) is 11.8 Å². The highest BCUT2D eigenvalue weighted by molar-refractivity contribution is 7.80. The van der Waals surface area contributed by atoms with Crippen LogP contribution in [0.3, 0.4) is 0 Å². The molecule has 0 aliphatic rings. The molecule has 1 aromatic carbocycles. The predicted octanol–water partition coefficient (Wildman–Crippen LogP) is 2.24. The molecule has 0 amide bonds. The lowest BCUT2D eigenvalue weighted by atomic mass is 10.2. The van der Waals surface area contributed by atoms with Gasteiger partial charge in [-0.2, -0.15) is 5.26 Å². The summed E-state index contributed by atoms with van der Waals surface area (Å²) in [5.74, 6) is 5.60. The van der Waals surface area contributed by atoms with Crippen molar-refractivity contribution < 1.29 is 0 Å². The largest absolute Gasteiger partial charge is 0.197 e. The SMILES string of the molecule is N#CCC#Cc1ccc(S)cc1. The third kappa shape index (κ3) is 2.70. The number of nitriles is 1. The van der Waals surface area contributed by atoms with E-state index in [2.05, 4.69) is 24.5 Å². The monoisotopic (exact) mass is 173 g/mol. The highest BCUT2D eigenvalue weighted by atomic mass is 32.1. The number of hydrogen-bond donors (Lipinski definition) is 1. The van der Waals surface area contributed by atoms with E-state index in [1.54, 1.807) is 0 Å². The molecule has 0 aromatic heterocycles. The fraction of sp³-hybridized carbons (Fsp3) is 0.100. The molecule has 0 aliphatic heterocycles. The highest BCUT2D eigenvalue weighted by Gasteiger charge is 1.85. The minimum atomic E-state index is 0.280. The summed E-state index contributed by atoms with van der Waals surface area (Å²) in [5, 5.41) is 8.22. The normalized spacial score (nSPS) is 8.00. The molecule has 0 heterocycles. The van der Waals surface area contributed by atoms with Crippen LogP contribution in [0.15, 0.2) is 29.2 Å². The van der Waals surface area contributed by atoms with Crippen molar-refractivity contribution in [2.45, 2.75) is 11.3 Å². The third-order valence-electron chi connectivity index (χ3n) is 1.27. The van der Waals surface area contributed by atoms with Gasteiger partial charge in [-0.3, -0.25) is 0 Å². The molecule has 0 spiro atoms. The molecular formula is C10H7NS. The maximum atomic E-state index is 8.22. The maximum absolute atomic E-state index is 8.22. The predicted molar refractivity (Wildman–Crippen MR) is 50.8 cm³/mol. The Bertz CT molecular complexity index is 348. The smallest absolute Gasteiger partial charge is 0.0966 e. The number of nitrogens with zero attached hydrogens (tertiary/aromatic N) is 1. The summed E-state index contributed by atoms with van der Waals surface area (Å²) in [6, 6.07) is 9.47. The van der Waals surface area contributed by atoms with Crippen molar-refractivity contribution in [2.24, 2.45) is 0 Å². The van der Waals surface area contributed by atoms with Crippen LogP contribution in [0, 0.1) is 23.2 Å². The number of rotatable bonds is 0. The molecule has 0 saturated heterocycles. The van der Waals surface area contributed by atoms with E-state index in [1.165, 1.54) is 0 Å². The van der Waals surface area contributed by atoms with Crippen LogP contribution in [0.25, 0.3) is 0 Å². The number of hydrogen-bond acceptors (Lipinski definition) is 2. The van der Waals surface area contributed by atoms with E-state index in [1.807, 2.05) is 30.3 Å². The second-order valence-electron chi connectivity index (χ2n) is 2.18. The minimum Gasteiger partial charge on any atom is -0.197 e. The molecular weight excluding hydrogens is 166 g/mol. The average molecular weight is 173 g/mol. The van der Waals surface area contributed by atoms with Crippen LogP contribution >= 0.6 is 12.6 Å². The average Bonchev–Trinajstić information content (AvgIpc) is 2.09. The summed E-state index contributed by atoms with van der Waals surface area (Å²) >= 11 is 4.14. The van der Waals surface area contributed by atoms with Crippen LogP contribution < -0.4 is 0 Å². The molecule has 1 nitrogen and oxygen atoms in total. The molecule has 0 fully saturated rings. The molecule has 0 atom stereocenters. The lowest BCUT2D eigenvalue weighted by Crippen LogP contribution is -1.72. The lowest BCUT2D eigenvalue weighted by Gasteiger charge is -1.89. The standard InChI is InChI=1S/C10H7NS/c11-8-2-1-3-9-4-6-10(12)7-5-9/h4-7,12H,2H2. The van der Waals surface area contributed by atoms with Crippen molar-refractivity contribution >= 4 is 12.6 Å². The zero-order chi connectivity index (χ0) is 8.81. The Morgan fingerprint density at radius 2 is 1.92 bits per heavy atom. The fourth-order valence-corrected chi connectivity index (χ4v) is 0.880. The van der Waals surface area contributed by atoms with Crippen molar-refractivity contribution in [3.8, 4) is 17.9 Å². The Balaban J connectivity index is 2.74. The first-order valence-corrected chi connectivity index (χ1v) is 3.92. The molecule has 58 valence electrons. The molecule has 0 aliphatic carbocycles. The van der Waals surface area contributed by atoms with Crippen LogP contribution in [0.1, 0.15) is 12.0 Å². The maximum Gasteiger partial charge on any atom is 0.0966 e. The van der Waals surface area contributed by atoms with Gasteiger partial charge in [0, 0.05) is 10.5 Å². The van der Waals surface area contributed by atoms with Gasteiger partial charge in [-0.15, -0.1) is 12.6 Å². The van der Waals surface area contributed by atoms with Gasteiger partial charge in [0.2, 0.25) is 0 Å². The summed E-state index contributed by atoms with van der Waals surface area (Å²) in [4.78, 5) is 0.917. The second-order valence-corrected chi connectivity index (χ2v) is 2.70. The molecule has 12 heavy (non-hydrogen) atoms. The van der Waals surface area contributed by atoms with Gasteiger partial charge in [-0.25, -0.2) is 0 Å².